The molecular weight excluding hydrogens is 482 g/mol. The standard InChI is InChI=1S/C27H36F2N4O2S/c1-3-4-22-15-21(9-12-30-22)25(34)31-16-20-7-5-19(6-8-20)10-13-33-14-11-24-23(17-33)32-26(36-24)35-18-27(2,28)29/h9,12,15-16,19-20H,3-8,10-11,13-14,17-18H2,1-2H3. The fourth-order valence-electron chi connectivity index (χ4n) is 4.91. The Labute approximate surface area is 216 Å². The van der Waals surface area contributed by atoms with Crippen LogP contribution in [0.25, 0.3) is 0 Å². The summed E-state index contributed by atoms with van der Waals surface area (Å²) in [5, 5.41) is 0.354. The Kier molecular flexibility index (Phi) is 9.17. The summed E-state index contributed by atoms with van der Waals surface area (Å²) in [6.07, 6.45) is 11.9. The highest BCUT2D eigenvalue weighted by Crippen LogP contribution is 2.33. The first kappa shape index (κ1) is 26.8. The van der Waals surface area contributed by atoms with Gasteiger partial charge in [-0.2, -0.15) is 0 Å². The minimum Gasteiger partial charge on any atom is -0.464 e. The third-order valence-electron chi connectivity index (χ3n) is 6.95. The smallest absolute Gasteiger partial charge is 0.278 e. The second-order valence-electron chi connectivity index (χ2n) is 10.2. The van der Waals surface area contributed by atoms with E-state index in [1.54, 1.807) is 12.3 Å². The molecule has 0 saturated heterocycles. The third kappa shape index (κ3) is 7.87. The van der Waals surface area contributed by atoms with Crippen molar-refractivity contribution in [1.82, 2.24) is 14.9 Å². The van der Waals surface area contributed by atoms with Crippen LogP contribution < -0.4 is 4.74 Å². The highest BCUT2D eigenvalue weighted by Gasteiger charge is 2.26. The molecule has 1 aliphatic heterocycles. The number of pyridine rings is 1. The van der Waals surface area contributed by atoms with E-state index in [9.17, 15) is 13.6 Å². The van der Waals surface area contributed by atoms with Crippen molar-refractivity contribution in [2.45, 2.75) is 77.7 Å². The van der Waals surface area contributed by atoms with Crippen LogP contribution >= 0.6 is 11.3 Å². The number of ether oxygens (including phenoxy) is 1. The normalized spacial score (nSPS) is 21.0. The number of rotatable bonds is 10. The number of amides is 1. The summed E-state index contributed by atoms with van der Waals surface area (Å²) < 4.78 is 31.3. The van der Waals surface area contributed by atoms with E-state index in [-0.39, 0.29) is 5.91 Å². The zero-order valence-corrected chi connectivity index (χ0v) is 22.0. The van der Waals surface area contributed by atoms with Gasteiger partial charge < -0.3 is 4.74 Å². The second-order valence-corrected chi connectivity index (χ2v) is 11.2. The highest BCUT2D eigenvalue weighted by molar-refractivity contribution is 7.13. The molecule has 3 heterocycles. The first-order valence-corrected chi connectivity index (χ1v) is 13.9. The van der Waals surface area contributed by atoms with Gasteiger partial charge in [-0.3, -0.25) is 14.7 Å². The lowest BCUT2D eigenvalue weighted by molar-refractivity contribution is -0.0230. The number of hydrogen-bond acceptors (Lipinski definition) is 6. The largest absolute Gasteiger partial charge is 0.464 e. The van der Waals surface area contributed by atoms with Gasteiger partial charge in [-0.05, 0) is 75.5 Å². The van der Waals surface area contributed by atoms with Crippen molar-refractivity contribution in [3.05, 3.63) is 40.2 Å². The lowest BCUT2D eigenvalue weighted by Gasteiger charge is -2.30. The zero-order valence-electron chi connectivity index (χ0n) is 21.2. The van der Waals surface area contributed by atoms with Crippen molar-refractivity contribution in [3.8, 4) is 5.19 Å². The van der Waals surface area contributed by atoms with E-state index in [1.165, 1.54) is 11.3 Å². The molecular formula is C27H36F2N4O2S. The summed E-state index contributed by atoms with van der Waals surface area (Å²) in [5.41, 5.74) is 2.53. The van der Waals surface area contributed by atoms with Gasteiger partial charge in [0.05, 0.1) is 5.69 Å². The number of fused-ring (bicyclic) bond motifs is 1. The summed E-state index contributed by atoms with van der Waals surface area (Å²) in [4.78, 5) is 29.1. The average Bonchev–Trinajstić information content (AvgIpc) is 3.28. The number of alkyl halides is 2. The van der Waals surface area contributed by atoms with Crippen molar-refractivity contribution < 1.29 is 18.3 Å². The SMILES string of the molecule is CCCc1cc(C(=O)N=CC2CCC(CCN3CCc4sc(OCC(C)(F)F)nc4C3)CC2)ccn1. The summed E-state index contributed by atoms with van der Waals surface area (Å²) >= 11 is 1.40. The molecule has 1 aliphatic carbocycles. The van der Waals surface area contributed by atoms with E-state index in [0.29, 0.717) is 22.6 Å². The topological polar surface area (TPSA) is 67.7 Å². The van der Waals surface area contributed by atoms with Gasteiger partial charge in [0.15, 0.2) is 6.61 Å². The van der Waals surface area contributed by atoms with Crippen molar-refractivity contribution in [2.75, 3.05) is 19.7 Å². The van der Waals surface area contributed by atoms with Gasteiger partial charge >= 0.3 is 0 Å². The number of halogens is 2. The first-order chi connectivity index (χ1) is 17.3. The van der Waals surface area contributed by atoms with Gasteiger partial charge in [-0.15, -0.1) is 0 Å². The second kappa shape index (κ2) is 12.3. The molecule has 9 heteroatoms. The van der Waals surface area contributed by atoms with E-state index < -0.39 is 12.5 Å². The molecule has 0 radical (unpaired) electrons. The maximum atomic E-state index is 13.1. The molecule has 0 N–H and O–H groups in total. The molecule has 0 bridgehead atoms. The summed E-state index contributed by atoms with van der Waals surface area (Å²) in [6, 6.07) is 3.59. The molecule has 1 fully saturated rings. The number of aryl methyl sites for hydroxylation is 1. The molecule has 2 aromatic rings. The molecule has 36 heavy (non-hydrogen) atoms. The van der Waals surface area contributed by atoms with Crippen molar-refractivity contribution in [3.63, 3.8) is 0 Å². The van der Waals surface area contributed by atoms with Crippen LogP contribution in [0.3, 0.4) is 0 Å². The van der Waals surface area contributed by atoms with E-state index in [2.05, 4.69) is 26.8 Å². The number of nitrogens with zero attached hydrogens (tertiary/aromatic N) is 4. The third-order valence-corrected chi connectivity index (χ3v) is 8.02. The van der Waals surface area contributed by atoms with Crippen molar-refractivity contribution in [1.29, 1.82) is 0 Å². The first-order valence-electron chi connectivity index (χ1n) is 13.0. The minimum atomic E-state index is -2.85. The predicted octanol–water partition coefficient (Wildman–Crippen LogP) is 5.99. The Morgan fingerprint density at radius 2 is 2.14 bits per heavy atom. The molecule has 196 valence electrons. The number of carbonyl (C=O) groups excluding carboxylic acids is 1. The Morgan fingerprint density at radius 3 is 2.89 bits per heavy atom. The van der Waals surface area contributed by atoms with Crippen LogP contribution in [0.15, 0.2) is 23.3 Å². The monoisotopic (exact) mass is 518 g/mol. The van der Waals surface area contributed by atoms with E-state index in [4.69, 9.17) is 4.74 Å². The summed E-state index contributed by atoms with van der Waals surface area (Å²) in [5.74, 6) is -1.98. The highest BCUT2D eigenvalue weighted by atomic mass is 32.1. The van der Waals surface area contributed by atoms with Crippen molar-refractivity contribution in [2.24, 2.45) is 16.8 Å². The molecule has 2 aromatic heterocycles. The average molecular weight is 519 g/mol. The van der Waals surface area contributed by atoms with Gasteiger partial charge in [0.1, 0.15) is 0 Å². The molecule has 1 saturated carbocycles. The zero-order chi connectivity index (χ0) is 25.5. The Morgan fingerprint density at radius 1 is 1.33 bits per heavy atom. The van der Waals surface area contributed by atoms with Crippen LogP contribution in [0.5, 0.6) is 5.19 Å². The predicted molar refractivity (Wildman–Crippen MR) is 138 cm³/mol. The van der Waals surface area contributed by atoms with Crippen LogP contribution in [0.2, 0.25) is 0 Å². The number of thiazole rings is 1. The number of hydrogen-bond donors (Lipinski definition) is 0. The maximum absolute atomic E-state index is 13.1. The summed E-state index contributed by atoms with van der Waals surface area (Å²) in [6.45, 7) is 5.07. The Bertz CT molecular complexity index is 1040. The van der Waals surface area contributed by atoms with Crippen LogP contribution in [-0.2, 0) is 19.4 Å². The van der Waals surface area contributed by atoms with Gasteiger partial charge in [0.2, 0.25) is 0 Å². The number of aromatic nitrogens is 2. The van der Waals surface area contributed by atoms with Gasteiger partial charge in [-0.1, -0.05) is 24.7 Å². The quantitative estimate of drug-likeness (QED) is 0.362. The molecule has 4 rings (SSSR count). The molecule has 2 aliphatic rings. The Hall–Kier alpha value is -2.26. The fraction of sp³-hybridized carbons (Fsp3) is 0.630. The van der Waals surface area contributed by atoms with Crippen LogP contribution in [0.4, 0.5) is 8.78 Å². The van der Waals surface area contributed by atoms with Gasteiger partial charge in [0, 0.05) is 48.6 Å². The molecule has 0 unspecified atom stereocenters. The lowest BCUT2D eigenvalue weighted by atomic mass is 9.81. The fourth-order valence-corrected chi connectivity index (χ4v) is 5.82. The molecule has 0 aromatic carbocycles. The summed E-state index contributed by atoms with van der Waals surface area (Å²) in [7, 11) is 0. The minimum absolute atomic E-state index is 0.180. The molecule has 0 spiro atoms. The van der Waals surface area contributed by atoms with Crippen LogP contribution in [0.1, 0.15) is 79.0 Å². The van der Waals surface area contributed by atoms with E-state index >= 15 is 0 Å². The molecule has 0 atom stereocenters. The van der Waals surface area contributed by atoms with Gasteiger partial charge in [0.25, 0.3) is 17.0 Å². The number of aliphatic imine (C=N–C) groups is 1. The Balaban J connectivity index is 1.18. The van der Waals surface area contributed by atoms with Crippen LogP contribution in [0, 0.1) is 11.8 Å². The maximum Gasteiger partial charge on any atom is 0.278 e. The molecule has 1 amide bonds. The van der Waals surface area contributed by atoms with Crippen LogP contribution in [-0.4, -0.2) is 52.6 Å². The number of carbonyl (C=O) groups is 1. The molecule has 6 nitrogen and oxygen atoms in total. The van der Waals surface area contributed by atoms with Crippen molar-refractivity contribution >= 4 is 23.5 Å². The van der Waals surface area contributed by atoms with E-state index in [0.717, 1.165) is 94.2 Å². The lowest BCUT2D eigenvalue weighted by Crippen LogP contribution is -2.32. The van der Waals surface area contributed by atoms with E-state index in [1.807, 2.05) is 12.3 Å². The van der Waals surface area contributed by atoms with Gasteiger partial charge in [-0.25, -0.2) is 18.8 Å².